The maximum atomic E-state index is 12.9. The summed E-state index contributed by atoms with van der Waals surface area (Å²) in [6.45, 7) is 0. The fraction of sp³-hybridized carbons (Fsp3) is 0.600. The van der Waals surface area contributed by atoms with Crippen LogP contribution in [0.3, 0.4) is 0 Å². The lowest BCUT2D eigenvalue weighted by Gasteiger charge is -2.40. The molecule has 2 bridgehead atoms. The van der Waals surface area contributed by atoms with Gasteiger partial charge in [-0.15, -0.1) is 0 Å². The lowest BCUT2D eigenvalue weighted by molar-refractivity contribution is -0.139. The first kappa shape index (κ1) is 13.7. The van der Waals surface area contributed by atoms with Crippen molar-refractivity contribution in [3.63, 3.8) is 0 Å². The molecule has 0 unspecified atom stereocenters. The van der Waals surface area contributed by atoms with Crippen LogP contribution in [0.2, 0.25) is 0 Å². The third kappa shape index (κ3) is 2.92. The highest BCUT2D eigenvalue weighted by Crippen LogP contribution is 2.37. The van der Waals surface area contributed by atoms with Gasteiger partial charge in [-0.05, 0) is 37.8 Å². The number of nitrogens with one attached hydrogen (secondary N) is 1. The molecule has 0 spiro atoms. The second-order valence-corrected chi connectivity index (χ2v) is 5.70. The summed E-state index contributed by atoms with van der Waals surface area (Å²) in [4.78, 5) is 0. The highest BCUT2D eigenvalue weighted by molar-refractivity contribution is 5.35. The lowest BCUT2D eigenvalue weighted by atomic mass is 9.85. The monoisotopic (exact) mass is 285 g/mol. The molecule has 2 saturated heterocycles. The number of rotatable bonds is 2. The Labute approximate surface area is 116 Å². The van der Waals surface area contributed by atoms with Gasteiger partial charge in [0.05, 0.1) is 5.56 Å². The van der Waals surface area contributed by atoms with Gasteiger partial charge in [-0.1, -0.05) is 18.6 Å². The smallest absolute Gasteiger partial charge is 0.419 e. The topological polar surface area (TPSA) is 21.3 Å². The molecule has 0 amide bonds. The number of ether oxygens (including phenoxy) is 1. The molecule has 2 heterocycles. The van der Waals surface area contributed by atoms with E-state index in [1.807, 2.05) is 0 Å². The van der Waals surface area contributed by atoms with Gasteiger partial charge in [-0.25, -0.2) is 0 Å². The molecule has 1 aromatic rings. The molecule has 20 heavy (non-hydrogen) atoms. The van der Waals surface area contributed by atoms with Crippen LogP contribution in [-0.2, 0) is 6.18 Å². The largest absolute Gasteiger partial charge is 0.490 e. The number of hydrogen-bond donors (Lipinski definition) is 1. The number of halogens is 3. The van der Waals surface area contributed by atoms with Crippen LogP contribution in [0.1, 0.15) is 37.7 Å². The van der Waals surface area contributed by atoms with Crippen molar-refractivity contribution in [1.82, 2.24) is 5.32 Å². The summed E-state index contributed by atoms with van der Waals surface area (Å²) >= 11 is 0. The van der Waals surface area contributed by atoms with E-state index >= 15 is 0 Å². The molecule has 1 aromatic carbocycles. The minimum absolute atomic E-state index is 0.0371. The third-order valence-corrected chi connectivity index (χ3v) is 4.16. The summed E-state index contributed by atoms with van der Waals surface area (Å²) < 4.78 is 44.5. The van der Waals surface area contributed by atoms with Crippen LogP contribution in [0.25, 0.3) is 0 Å². The molecular formula is C15H18F3NO. The summed E-state index contributed by atoms with van der Waals surface area (Å²) in [6, 6.07) is 6.27. The number of fused-ring (bicyclic) bond motifs is 2. The first-order chi connectivity index (χ1) is 9.52. The molecule has 0 saturated carbocycles. The molecule has 0 radical (unpaired) electrons. The van der Waals surface area contributed by atoms with Crippen molar-refractivity contribution in [3.8, 4) is 5.75 Å². The van der Waals surface area contributed by atoms with Crippen molar-refractivity contribution >= 4 is 0 Å². The Balaban J connectivity index is 1.75. The molecule has 2 aliphatic heterocycles. The predicted molar refractivity (Wildman–Crippen MR) is 69.7 cm³/mol. The number of alkyl halides is 3. The second kappa shape index (κ2) is 5.28. The quantitative estimate of drug-likeness (QED) is 0.893. The van der Waals surface area contributed by atoms with Gasteiger partial charge in [-0.3, -0.25) is 0 Å². The zero-order valence-corrected chi connectivity index (χ0v) is 11.1. The van der Waals surface area contributed by atoms with Gasteiger partial charge >= 0.3 is 6.18 Å². The Morgan fingerprint density at radius 2 is 1.70 bits per heavy atom. The second-order valence-electron chi connectivity index (χ2n) is 5.70. The first-order valence-electron chi connectivity index (χ1n) is 7.11. The van der Waals surface area contributed by atoms with Crippen molar-refractivity contribution in [1.29, 1.82) is 0 Å². The van der Waals surface area contributed by atoms with Crippen molar-refractivity contribution in [2.75, 3.05) is 0 Å². The summed E-state index contributed by atoms with van der Waals surface area (Å²) in [5, 5.41) is 3.51. The highest BCUT2D eigenvalue weighted by atomic mass is 19.4. The Morgan fingerprint density at radius 1 is 1.05 bits per heavy atom. The number of para-hydroxylation sites is 1. The van der Waals surface area contributed by atoms with Gasteiger partial charge in [0.25, 0.3) is 0 Å². The van der Waals surface area contributed by atoms with E-state index in [4.69, 9.17) is 4.74 Å². The van der Waals surface area contributed by atoms with Crippen molar-refractivity contribution in [2.45, 2.75) is 56.5 Å². The van der Waals surface area contributed by atoms with Crippen LogP contribution in [-0.4, -0.2) is 18.2 Å². The fourth-order valence-corrected chi connectivity index (χ4v) is 3.29. The predicted octanol–water partition coefficient (Wildman–Crippen LogP) is 3.76. The van der Waals surface area contributed by atoms with Crippen LogP contribution < -0.4 is 10.1 Å². The Morgan fingerprint density at radius 3 is 2.35 bits per heavy atom. The van der Waals surface area contributed by atoms with E-state index in [2.05, 4.69) is 5.32 Å². The van der Waals surface area contributed by atoms with E-state index < -0.39 is 11.7 Å². The molecule has 2 nitrogen and oxygen atoms in total. The van der Waals surface area contributed by atoms with Gasteiger partial charge in [0.1, 0.15) is 11.9 Å². The zero-order valence-electron chi connectivity index (χ0n) is 11.1. The van der Waals surface area contributed by atoms with Crippen molar-refractivity contribution in [2.24, 2.45) is 0 Å². The Kier molecular flexibility index (Phi) is 3.63. The lowest BCUT2D eigenvalue weighted by Crippen LogP contribution is -2.51. The molecule has 0 aromatic heterocycles. The zero-order chi connectivity index (χ0) is 14.2. The van der Waals surface area contributed by atoms with E-state index in [-0.39, 0.29) is 11.9 Å². The molecule has 1 N–H and O–H groups in total. The average molecular weight is 285 g/mol. The van der Waals surface area contributed by atoms with E-state index in [0.29, 0.717) is 12.1 Å². The maximum Gasteiger partial charge on any atom is 0.419 e. The van der Waals surface area contributed by atoms with Crippen LogP contribution in [0.4, 0.5) is 13.2 Å². The Hall–Kier alpha value is -1.23. The van der Waals surface area contributed by atoms with Gasteiger partial charge in [0, 0.05) is 12.1 Å². The summed E-state index contributed by atoms with van der Waals surface area (Å²) in [7, 11) is 0. The van der Waals surface area contributed by atoms with Crippen molar-refractivity contribution < 1.29 is 17.9 Å². The molecule has 0 aliphatic carbocycles. The SMILES string of the molecule is FC(F)(F)c1ccccc1O[C@@H]1C[C@H]2CCC[C@@H](C1)N2. The van der Waals surface area contributed by atoms with E-state index in [9.17, 15) is 13.2 Å². The molecule has 2 aliphatic rings. The van der Waals surface area contributed by atoms with Crippen LogP contribution in [0.15, 0.2) is 24.3 Å². The highest BCUT2D eigenvalue weighted by Gasteiger charge is 2.36. The average Bonchev–Trinajstić information content (AvgIpc) is 2.37. The first-order valence-corrected chi connectivity index (χ1v) is 7.11. The normalized spacial score (nSPS) is 30.1. The molecule has 2 fully saturated rings. The third-order valence-electron chi connectivity index (χ3n) is 4.16. The summed E-state index contributed by atoms with van der Waals surface area (Å²) in [6.07, 6.45) is 0.503. The number of piperidine rings is 2. The minimum atomic E-state index is -4.36. The van der Waals surface area contributed by atoms with E-state index in [1.165, 1.54) is 18.6 Å². The van der Waals surface area contributed by atoms with Crippen LogP contribution in [0.5, 0.6) is 5.75 Å². The Bertz CT molecular complexity index is 462. The fourth-order valence-electron chi connectivity index (χ4n) is 3.29. The van der Waals surface area contributed by atoms with Crippen LogP contribution >= 0.6 is 0 Å². The number of benzene rings is 1. The van der Waals surface area contributed by atoms with Crippen molar-refractivity contribution in [3.05, 3.63) is 29.8 Å². The standard InChI is InChI=1S/C15H18F3NO/c16-15(17,18)13-6-1-2-7-14(13)20-12-8-10-4-3-5-11(9-12)19-10/h1-2,6-7,10-12,19H,3-5,8-9H2/t10-,11+,12-. The molecule has 3 rings (SSSR count). The molecule has 110 valence electrons. The summed E-state index contributed by atoms with van der Waals surface area (Å²) in [5.41, 5.74) is -0.677. The molecule has 3 atom stereocenters. The van der Waals surface area contributed by atoms with Gasteiger partial charge in [0.2, 0.25) is 0 Å². The summed E-state index contributed by atoms with van der Waals surface area (Å²) in [5.74, 6) is -0.0371. The number of hydrogen-bond acceptors (Lipinski definition) is 2. The maximum absolute atomic E-state index is 12.9. The van der Waals surface area contributed by atoms with Gasteiger partial charge in [-0.2, -0.15) is 13.2 Å². The van der Waals surface area contributed by atoms with Gasteiger partial charge in [0.15, 0.2) is 0 Å². The molecular weight excluding hydrogens is 267 g/mol. The van der Waals surface area contributed by atoms with E-state index in [0.717, 1.165) is 31.7 Å². The van der Waals surface area contributed by atoms with E-state index in [1.54, 1.807) is 6.07 Å². The van der Waals surface area contributed by atoms with Gasteiger partial charge < -0.3 is 10.1 Å². The van der Waals surface area contributed by atoms with Crippen LogP contribution in [0, 0.1) is 0 Å². The molecule has 5 heteroatoms. The minimum Gasteiger partial charge on any atom is -0.490 e.